The smallest absolute Gasteiger partial charge is 0.338 e. The number of hydrogen-bond acceptors (Lipinski definition) is 6. The number of rotatable bonds is 10. The van der Waals surface area contributed by atoms with Crippen LogP contribution in [-0.4, -0.2) is 42.2 Å². The monoisotopic (exact) mass is 713 g/mol. The summed E-state index contributed by atoms with van der Waals surface area (Å²) in [6.45, 7) is -0.537. The molecule has 2 heterocycles. The Balaban J connectivity index is 1.27. The van der Waals surface area contributed by atoms with Crippen molar-refractivity contribution in [3.63, 3.8) is 0 Å². The molecule has 1 amide bonds. The van der Waals surface area contributed by atoms with Crippen molar-refractivity contribution in [2.75, 3.05) is 11.4 Å². The molecule has 0 N–H and O–H groups in total. The second-order valence-corrected chi connectivity index (χ2v) is 14.1. The number of pyridine rings is 1. The van der Waals surface area contributed by atoms with Crippen molar-refractivity contribution >= 4 is 27.6 Å². The molecule has 0 radical (unpaired) electrons. The van der Waals surface area contributed by atoms with E-state index in [0.29, 0.717) is 15.9 Å². The summed E-state index contributed by atoms with van der Waals surface area (Å²) in [4.78, 5) is 30.5. The van der Waals surface area contributed by atoms with Gasteiger partial charge in [0, 0.05) is 18.4 Å². The van der Waals surface area contributed by atoms with Crippen LogP contribution >= 0.6 is 0 Å². The highest BCUT2D eigenvalue weighted by Crippen LogP contribution is 2.36. The van der Waals surface area contributed by atoms with Crippen LogP contribution in [0.4, 0.5) is 27.6 Å². The minimum atomic E-state index is -5.36. The highest BCUT2D eigenvalue weighted by Gasteiger charge is 2.48. The maximum atomic E-state index is 14.6. The Kier molecular flexibility index (Phi) is 10.3. The first-order chi connectivity index (χ1) is 24.0. The first-order valence-corrected chi connectivity index (χ1v) is 17.5. The zero-order valence-electron chi connectivity index (χ0n) is 26.6. The maximum absolute atomic E-state index is 14.6. The second-order valence-electron chi connectivity index (χ2n) is 12.3. The molecule has 0 bridgehead atoms. The molecule has 1 atom stereocenters. The Morgan fingerprint density at radius 2 is 1.44 bits per heavy atom. The van der Waals surface area contributed by atoms with E-state index < -0.39 is 68.5 Å². The summed E-state index contributed by atoms with van der Waals surface area (Å²) < 4.78 is 103. The van der Waals surface area contributed by atoms with Gasteiger partial charge in [-0.25, -0.2) is 35.2 Å². The molecule has 6 rings (SSSR count). The molecule has 2 aliphatic rings. The number of aromatic nitrogens is 1. The topological polar surface area (TPSA) is 96.9 Å². The number of esters is 1. The lowest BCUT2D eigenvalue weighted by Gasteiger charge is -2.41. The van der Waals surface area contributed by atoms with Gasteiger partial charge in [0.25, 0.3) is 0 Å². The van der Waals surface area contributed by atoms with E-state index in [2.05, 4.69) is 4.98 Å². The van der Waals surface area contributed by atoms with E-state index in [9.17, 15) is 40.0 Å². The van der Waals surface area contributed by atoms with Gasteiger partial charge in [-0.05, 0) is 66.6 Å². The van der Waals surface area contributed by atoms with E-state index in [1.54, 1.807) is 36.5 Å². The summed E-state index contributed by atoms with van der Waals surface area (Å²) in [5.41, 5.74) is 2.68. The van der Waals surface area contributed by atoms with Crippen LogP contribution < -0.4 is 4.90 Å². The lowest BCUT2D eigenvalue weighted by atomic mass is 9.85. The molecule has 8 nitrogen and oxygen atoms in total. The molecular formula is C36H32F5N3O5S. The quantitative estimate of drug-likeness (QED) is 0.0748. The van der Waals surface area contributed by atoms with Gasteiger partial charge in [0.05, 0.1) is 17.8 Å². The van der Waals surface area contributed by atoms with Gasteiger partial charge >= 0.3 is 5.97 Å². The zero-order chi connectivity index (χ0) is 35.6. The Morgan fingerprint density at radius 1 is 0.800 bits per heavy atom. The van der Waals surface area contributed by atoms with Gasteiger partial charge < -0.3 is 9.64 Å². The molecule has 50 heavy (non-hydrogen) atoms. The van der Waals surface area contributed by atoms with Crippen LogP contribution in [0.2, 0.25) is 0 Å². The van der Waals surface area contributed by atoms with Crippen LogP contribution in [-0.2, 0) is 32.7 Å². The molecule has 2 fully saturated rings. The van der Waals surface area contributed by atoms with E-state index in [1.165, 1.54) is 35.6 Å². The lowest BCUT2D eigenvalue weighted by Crippen LogP contribution is -2.59. The zero-order valence-corrected chi connectivity index (χ0v) is 27.4. The average molecular weight is 714 g/mol. The van der Waals surface area contributed by atoms with Gasteiger partial charge in [0.15, 0.2) is 28.2 Å². The number of hydrogen-bond donors (Lipinski definition) is 0. The van der Waals surface area contributed by atoms with Crippen LogP contribution in [0.1, 0.15) is 71.6 Å². The molecule has 14 heteroatoms. The van der Waals surface area contributed by atoms with Crippen LogP contribution in [0.25, 0.3) is 0 Å². The van der Waals surface area contributed by atoms with Crippen molar-refractivity contribution in [3.8, 4) is 0 Å². The fourth-order valence-corrected chi connectivity index (χ4v) is 8.00. The first kappa shape index (κ1) is 35.1. The number of carbonyl (C=O) groups excluding carboxylic acids is 2. The van der Waals surface area contributed by atoms with Gasteiger partial charge in [-0.1, -0.05) is 55.7 Å². The van der Waals surface area contributed by atoms with Gasteiger partial charge in [-0.2, -0.15) is 4.31 Å². The molecule has 0 unspecified atom stereocenters. The average Bonchev–Trinajstić information content (AvgIpc) is 3.11. The summed E-state index contributed by atoms with van der Waals surface area (Å²) in [7, 11) is -5.36. The van der Waals surface area contributed by atoms with E-state index in [4.69, 9.17) is 4.74 Å². The third-order valence-electron chi connectivity index (χ3n) is 9.13. The minimum Gasteiger partial charge on any atom is -0.457 e. The fraction of sp³-hybridized carbons (Fsp3) is 0.306. The van der Waals surface area contributed by atoms with Crippen LogP contribution in [0.15, 0.2) is 77.8 Å². The number of amides is 1. The molecule has 1 aliphatic carbocycles. The number of benzene rings is 3. The number of sulfonamides is 1. The van der Waals surface area contributed by atoms with E-state index in [0.717, 1.165) is 36.8 Å². The van der Waals surface area contributed by atoms with E-state index in [1.807, 2.05) is 12.1 Å². The minimum absolute atomic E-state index is 0.0313. The maximum Gasteiger partial charge on any atom is 0.338 e. The second kappa shape index (κ2) is 14.7. The molecule has 1 saturated carbocycles. The van der Waals surface area contributed by atoms with Gasteiger partial charge in [0.2, 0.25) is 21.7 Å². The Labute approximate surface area is 285 Å². The predicted octanol–water partition coefficient (Wildman–Crippen LogP) is 7.18. The fourth-order valence-electron chi connectivity index (χ4n) is 6.26. The number of ether oxygens (including phenoxy) is 1. The Morgan fingerprint density at radius 3 is 2.02 bits per heavy atom. The largest absolute Gasteiger partial charge is 0.457 e. The normalized spacial score (nSPS) is 16.9. The Bertz CT molecular complexity index is 1960. The first-order valence-electron chi connectivity index (χ1n) is 16.1. The highest BCUT2D eigenvalue weighted by atomic mass is 32.2. The van der Waals surface area contributed by atoms with Crippen molar-refractivity contribution < 1.29 is 44.7 Å². The van der Waals surface area contributed by atoms with Gasteiger partial charge in [-0.15, -0.1) is 0 Å². The van der Waals surface area contributed by atoms with Gasteiger partial charge in [-0.3, -0.25) is 9.78 Å². The highest BCUT2D eigenvalue weighted by molar-refractivity contribution is 7.89. The van der Waals surface area contributed by atoms with Crippen LogP contribution in [0.5, 0.6) is 0 Å². The molecule has 4 aromatic rings. The summed E-state index contributed by atoms with van der Waals surface area (Å²) >= 11 is 0. The van der Waals surface area contributed by atoms with Crippen molar-refractivity contribution in [3.05, 3.63) is 124 Å². The number of halogens is 5. The predicted molar refractivity (Wildman–Crippen MR) is 172 cm³/mol. The van der Waals surface area contributed by atoms with Crippen LogP contribution in [0.3, 0.4) is 0 Å². The molecule has 262 valence electrons. The summed E-state index contributed by atoms with van der Waals surface area (Å²) in [6.07, 6.45) is 7.15. The SMILES string of the molecule is O=C(OCc1ccccc1)c1ccc(N(Cc2ccc(C3CCCCC3)cn2)C(=O)[C@H]2CCN2S(=O)(=O)c2c(F)c(F)c(F)c(F)c2F)cc1. The number of anilines is 1. The molecular weight excluding hydrogens is 681 g/mol. The lowest BCUT2D eigenvalue weighted by molar-refractivity contribution is -0.125. The molecule has 1 aromatic heterocycles. The van der Waals surface area contributed by atoms with Crippen molar-refractivity contribution in [1.29, 1.82) is 0 Å². The third kappa shape index (κ3) is 6.99. The van der Waals surface area contributed by atoms with Gasteiger partial charge in [0.1, 0.15) is 12.6 Å². The van der Waals surface area contributed by atoms with E-state index in [-0.39, 0.29) is 30.8 Å². The number of carbonyl (C=O) groups is 2. The molecule has 3 aromatic carbocycles. The van der Waals surface area contributed by atoms with Crippen molar-refractivity contribution in [2.45, 2.75) is 68.5 Å². The molecule has 1 saturated heterocycles. The Hall–Kier alpha value is -4.69. The van der Waals surface area contributed by atoms with Crippen molar-refractivity contribution in [2.24, 2.45) is 0 Å². The molecule has 0 spiro atoms. The third-order valence-corrected chi connectivity index (χ3v) is 11.1. The summed E-state index contributed by atoms with van der Waals surface area (Å²) in [6, 6.07) is 16.9. The van der Waals surface area contributed by atoms with Crippen LogP contribution in [0, 0.1) is 29.1 Å². The molecule has 1 aliphatic heterocycles. The standard InChI is InChI=1S/C36H32F5N3O5S/c37-29-30(38)32(40)34(33(41)31(29)39)50(47,48)44-18-17-28(44)35(45)43(20-26-14-11-25(19-42-26)23-9-5-2-6-10-23)27-15-12-24(13-16-27)36(46)49-21-22-7-3-1-4-8-22/h1,3-4,7-8,11-16,19,23,28H,2,5-6,9-10,17-18,20-21H2/t28-/m1/s1. The summed E-state index contributed by atoms with van der Waals surface area (Å²) in [5, 5.41) is 0. The number of nitrogens with zero attached hydrogens (tertiary/aromatic N) is 3. The summed E-state index contributed by atoms with van der Waals surface area (Å²) in [5.74, 6) is -13.5. The van der Waals surface area contributed by atoms with E-state index >= 15 is 0 Å². The van der Waals surface area contributed by atoms with Crippen molar-refractivity contribution in [1.82, 2.24) is 9.29 Å².